The quantitative estimate of drug-likeness (QED) is 0.438. The van der Waals surface area contributed by atoms with Crippen LogP contribution in [0.3, 0.4) is 0 Å². The van der Waals surface area contributed by atoms with Crippen LogP contribution >= 0.6 is 11.6 Å². The third-order valence-corrected chi connectivity index (χ3v) is 1.95. The molecule has 0 N–H and O–H groups in total. The Morgan fingerprint density at radius 3 is 2.36 bits per heavy atom. The van der Waals surface area contributed by atoms with Crippen LogP contribution in [0, 0.1) is 10.1 Å². The van der Waals surface area contributed by atoms with Crippen molar-refractivity contribution < 1.29 is 9.72 Å². The Labute approximate surface area is 85.6 Å². The van der Waals surface area contributed by atoms with Gasteiger partial charge in [0.2, 0.25) is 5.24 Å². The second-order valence-electron chi connectivity index (χ2n) is 2.78. The van der Waals surface area contributed by atoms with Gasteiger partial charge in [-0.3, -0.25) is 14.9 Å². The number of halogens is 1. The first-order chi connectivity index (χ1) is 6.59. The third kappa shape index (κ3) is 3.14. The van der Waals surface area contributed by atoms with Gasteiger partial charge in [-0.25, -0.2) is 0 Å². The van der Waals surface area contributed by atoms with Gasteiger partial charge >= 0.3 is 0 Å². The minimum absolute atomic E-state index is 0.0472. The van der Waals surface area contributed by atoms with Crippen molar-refractivity contribution in [3.63, 3.8) is 0 Å². The highest BCUT2D eigenvalue weighted by molar-refractivity contribution is 6.63. The maximum atomic E-state index is 10.4. The SMILES string of the molecule is O=C(Cl)CCc1ccc([N+](=O)[O-])cc1. The number of hydrogen-bond donors (Lipinski definition) is 0. The van der Waals surface area contributed by atoms with Crippen LogP contribution in [0.15, 0.2) is 24.3 Å². The Morgan fingerprint density at radius 1 is 1.36 bits per heavy atom. The molecule has 0 aromatic heterocycles. The lowest BCUT2D eigenvalue weighted by atomic mass is 10.1. The summed E-state index contributed by atoms with van der Waals surface area (Å²) in [7, 11) is 0. The first-order valence-corrected chi connectivity index (χ1v) is 4.39. The van der Waals surface area contributed by atoms with E-state index in [0.29, 0.717) is 6.42 Å². The fraction of sp³-hybridized carbons (Fsp3) is 0.222. The maximum Gasteiger partial charge on any atom is 0.269 e. The molecule has 0 amide bonds. The van der Waals surface area contributed by atoms with E-state index in [1.165, 1.54) is 12.1 Å². The largest absolute Gasteiger partial charge is 0.281 e. The lowest BCUT2D eigenvalue weighted by molar-refractivity contribution is -0.384. The highest BCUT2D eigenvalue weighted by atomic mass is 35.5. The Kier molecular flexibility index (Phi) is 3.59. The van der Waals surface area contributed by atoms with E-state index in [4.69, 9.17) is 11.6 Å². The fourth-order valence-corrected chi connectivity index (χ4v) is 1.12. The molecule has 0 atom stereocenters. The number of benzene rings is 1. The van der Waals surface area contributed by atoms with E-state index in [2.05, 4.69) is 0 Å². The molecule has 5 heteroatoms. The number of nitrogens with zero attached hydrogens (tertiary/aromatic N) is 1. The highest BCUT2D eigenvalue weighted by Crippen LogP contribution is 2.13. The first kappa shape index (κ1) is 10.7. The van der Waals surface area contributed by atoms with E-state index in [1.54, 1.807) is 12.1 Å². The Balaban J connectivity index is 2.64. The van der Waals surface area contributed by atoms with Gasteiger partial charge in [0, 0.05) is 18.6 Å². The fourth-order valence-electron chi connectivity index (χ4n) is 1.03. The lowest BCUT2D eigenvalue weighted by Crippen LogP contribution is -1.92. The van der Waals surface area contributed by atoms with Gasteiger partial charge in [0.1, 0.15) is 0 Å². The highest BCUT2D eigenvalue weighted by Gasteiger charge is 2.04. The number of aryl methyl sites for hydroxylation is 1. The van der Waals surface area contributed by atoms with Crippen LogP contribution < -0.4 is 0 Å². The second kappa shape index (κ2) is 4.72. The summed E-state index contributed by atoms with van der Waals surface area (Å²) in [5.74, 6) is 0. The number of carbonyl (C=O) groups is 1. The van der Waals surface area contributed by atoms with Crippen LogP contribution in [0.1, 0.15) is 12.0 Å². The van der Waals surface area contributed by atoms with Gasteiger partial charge in [-0.1, -0.05) is 12.1 Å². The summed E-state index contributed by atoms with van der Waals surface area (Å²) < 4.78 is 0. The van der Waals surface area contributed by atoms with Crippen molar-refractivity contribution in [2.24, 2.45) is 0 Å². The zero-order valence-electron chi connectivity index (χ0n) is 7.27. The predicted octanol–water partition coefficient (Wildman–Crippen LogP) is 2.29. The topological polar surface area (TPSA) is 60.2 Å². The van der Waals surface area contributed by atoms with Crippen molar-refractivity contribution >= 4 is 22.5 Å². The molecule has 14 heavy (non-hydrogen) atoms. The van der Waals surface area contributed by atoms with Gasteiger partial charge in [-0.05, 0) is 23.6 Å². The van der Waals surface area contributed by atoms with Crippen LogP contribution in [-0.2, 0) is 11.2 Å². The number of rotatable bonds is 4. The normalized spacial score (nSPS) is 9.79. The molecule has 0 heterocycles. The van der Waals surface area contributed by atoms with E-state index < -0.39 is 10.2 Å². The van der Waals surface area contributed by atoms with Gasteiger partial charge in [0.15, 0.2) is 0 Å². The smallest absolute Gasteiger partial charge is 0.269 e. The lowest BCUT2D eigenvalue weighted by Gasteiger charge is -1.97. The molecule has 0 saturated carbocycles. The summed E-state index contributed by atoms with van der Waals surface area (Å²) in [6.45, 7) is 0. The molecule has 0 bridgehead atoms. The summed E-state index contributed by atoms with van der Waals surface area (Å²) in [4.78, 5) is 20.3. The van der Waals surface area contributed by atoms with Gasteiger partial charge in [0.25, 0.3) is 5.69 Å². The summed E-state index contributed by atoms with van der Waals surface area (Å²) in [5, 5.41) is 9.91. The molecule has 74 valence electrons. The molecule has 1 aromatic carbocycles. The molecule has 0 aliphatic rings. The van der Waals surface area contributed by atoms with Crippen molar-refractivity contribution in [2.45, 2.75) is 12.8 Å². The third-order valence-electron chi connectivity index (χ3n) is 1.76. The number of carbonyl (C=O) groups excluding carboxylic acids is 1. The average Bonchev–Trinajstić information content (AvgIpc) is 2.15. The molecule has 1 aromatic rings. The molecule has 0 saturated heterocycles. The predicted molar refractivity (Wildman–Crippen MR) is 52.3 cm³/mol. The number of non-ortho nitro benzene ring substituents is 1. The van der Waals surface area contributed by atoms with Crippen molar-refractivity contribution in [3.05, 3.63) is 39.9 Å². The van der Waals surface area contributed by atoms with Crippen LogP contribution in [0.4, 0.5) is 5.69 Å². The summed E-state index contributed by atoms with van der Waals surface area (Å²) in [6.07, 6.45) is 0.764. The zero-order valence-corrected chi connectivity index (χ0v) is 8.03. The molecule has 0 aliphatic carbocycles. The molecular formula is C9H8ClNO3. The first-order valence-electron chi connectivity index (χ1n) is 4.01. The van der Waals surface area contributed by atoms with Gasteiger partial charge in [-0.15, -0.1) is 0 Å². The van der Waals surface area contributed by atoms with Crippen LogP contribution in [0.25, 0.3) is 0 Å². The summed E-state index contributed by atoms with van der Waals surface area (Å²) in [6, 6.07) is 6.07. The summed E-state index contributed by atoms with van der Waals surface area (Å²) >= 11 is 5.16. The molecule has 0 aliphatic heterocycles. The molecule has 4 nitrogen and oxygen atoms in total. The van der Waals surface area contributed by atoms with E-state index in [1.807, 2.05) is 0 Å². The molecule has 1 rings (SSSR count). The monoisotopic (exact) mass is 213 g/mol. The molecule has 0 spiro atoms. The van der Waals surface area contributed by atoms with Crippen molar-refractivity contribution in [3.8, 4) is 0 Å². The Hall–Kier alpha value is -1.42. The zero-order chi connectivity index (χ0) is 10.6. The average molecular weight is 214 g/mol. The van der Waals surface area contributed by atoms with E-state index in [0.717, 1.165) is 5.56 Å². The number of nitro groups is 1. The maximum absolute atomic E-state index is 10.4. The van der Waals surface area contributed by atoms with Crippen LogP contribution in [0.2, 0.25) is 0 Å². The van der Waals surface area contributed by atoms with Crippen molar-refractivity contribution in [1.82, 2.24) is 0 Å². The van der Waals surface area contributed by atoms with E-state index in [-0.39, 0.29) is 12.1 Å². The molecule has 0 unspecified atom stereocenters. The molecule has 0 fully saturated rings. The number of nitro benzene ring substituents is 1. The minimum Gasteiger partial charge on any atom is -0.281 e. The van der Waals surface area contributed by atoms with Crippen LogP contribution in [-0.4, -0.2) is 10.2 Å². The van der Waals surface area contributed by atoms with Gasteiger partial charge in [0.05, 0.1) is 4.92 Å². The molecule has 0 radical (unpaired) electrons. The van der Waals surface area contributed by atoms with Crippen LogP contribution in [0.5, 0.6) is 0 Å². The minimum atomic E-state index is -0.462. The van der Waals surface area contributed by atoms with E-state index in [9.17, 15) is 14.9 Å². The van der Waals surface area contributed by atoms with Gasteiger partial charge in [-0.2, -0.15) is 0 Å². The number of hydrogen-bond acceptors (Lipinski definition) is 3. The summed E-state index contributed by atoms with van der Waals surface area (Å²) in [5.41, 5.74) is 0.913. The van der Waals surface area contributed by atoms with E-state index >= 15 is 0 Å². The standard InChI is InChI=1S/C9H8ClNO3/c10-9(12)6-3-7-1-4-8(5-2-7)11(13)14/h1-2,4-5H,3,6H2. The Bertz CT molecular complexity index is 348. The second-order valence-corrected chi connectivity index (χ2v) is 3.20. The van der Waals surface area contributed by atoms with Crippen molar-refractivity contribution in [1.29, 1.82) is 0 Å². The molecular weight excluding hydrogens is 206 g/mol. The van der Waals surface area contributed by atoms with Crippen molar-refractivity contribution in [2.75, 3.05) is 0 Å². The Morgan fingerprint density at radius 2 is 1.93 bits per heavy atom. The van der Waals surface area contributed by atoms with Gasteiger partial charge < -0.3 is 0 Å².